The van der Waals surface area contributed by atoms with E-state index >= 15 is 0 Å². The maximum absolute atomic E-state index is 11.4. The summed E-state index contributed by atoms with van der Waals surface area (Å²) in [5, 5.41) is 3.51. The third-order valence-corrected chi connectivity index (χ3v) is 5.08. The van der Waals surface area contributed by atoms with E-state index in [-0.39, 0.29) is 6.04 Å². The van der Waals surface area contributed by atoms with Crippen LogP contribution in [-0.4, -0.2) is 23.7 Å². The van der Waals surface area contributed by atoms with Crippen molar-refractivity contribution in [3.05, 3.63) is 53.6 Å². The minimum absolute atomic E-state index is 0.196. The zero-order chi connectivity index (χ0) is 16.9. The molecule has 0 saturated carbocycles. The van der Waals surface area contributed by atoms with Gasteiger partial charge in [0.25, 0.3) is 0 Å². The molecule has 4 nitrogen and oxygen atoms in total. The Labute approximate surface area is 145 Å². The monoisotopic (exact) mass is 345 g/mol. The van der Waals surface area contributed by atoms with E-state index in [0.29, 0.717) is 13.2 Å². The summed E-state index contributed by atoms with van der Waals surface area (Å²) in [5.74, 6) is 1.65. The van der Waals surface area contributed by atoms with Crippen molar-refractivity contribution < 1.29 is 13.7 Å². The summed E-state index contributed by atoms with van der Waals surface area (Å²) < 4.78 is 22.9. The van der Waals surface area contributed by atoms with Crippen LogP contribution in [0.25, 0.3) is 0 Å². The summed E-state index contributed by atoms with van der Waals surface area (Å²) in [6, 6.07) is 14.2. The van der Waals surface area contributed by atoms with Gasteiger partial charge in [-0.1, -0.05) is 18.2 Å². The summed E-state index contributed by atoms with van der Waals surface area (Å²) in [6.45, 7) is 4.29. The van der Waals surface area contributed by atoms with E-state index in [0.717, 1.165) is 29.4 Å². The maximum atomic E-state index is 11.4. The first-order valence-electron chi connectivity index (χ1n) is 8.19. The number of nitrogens with one attached hydrogen (secondary N) is 1. The van der Waals surface area contributed by atoms with E-state index < -0.39 is 10.8 Å². The molecule has 1 N–H and O–H groups in total. The average Bonchev–Trinajstić information content (AvgIpc) is 2.84. The number of hydrogen-bond acceptors (Lipinski definition) is 4. The molecule has 3 rings (SSSR count). The van der Waals surface area contributed by atoms with Crippen LogP contribution in [0.3, 0.4) is 0 Å². The first-order valence-corrected chi connectivity index (χ1v) is 9.74. The average molecular weight is 345 g/mol. The molecule has 2 aromatic carbocycles. The molecule has 24 heavy (non-hydrogen) atoms. The number of ether oxygens (including phenoxy) is 2. The van der Waals surface area contributed by atoms with Gasteiger partial charge in [0, 0.05) is 41.0 Å². The van der Waals surface area contributed by atoms with Crippen LogP contribution in [-0.2, 0) is 17.3 Å². The topological polar surface area (TPSA) is 47.6 Å². The highest BCUT2D eigenvalue weighted by molar-refractivity contribution is 7.84. The third kappa shape index (κ3) is 4.16. The second-order valence-electron chi connectivity index (χ2n) is 5.96. The Morgan fingerprint density at radius 1 is 1.08 bits per heavy atom. The van der Waals surface area contributed by atoms with Gasteiger partial charge < -0.3 is 14.8 Å². The highest BCUT2D eigenvalue weighted by Gasteiger charge is 2.13. The van der Waals surface area contributed by atoms with Crippen LogP contribution in [0.1, 0.15) is 30.5 Å². The summed E-state index contributed by atoms with van der Waals surface area (Å²) in [5.41, 5.74) is 2.34. The summed E-state index contributed by atoms with van der Waals surface area (Å²) >= 11 is 0. The van der Waals surface area contributed by atoms with Gasteiger partial charge in [0.2, 0.25) is 0 Å². The molecule has 0 bridgehead atoms. The Balaban J connectivity index is 1.63. The summed E-state index contributed by atoms with van der Waals surface area (Å²) in [4.78, 5) is 0.856. The number of benzene rings is 2. The fourth-order valence-corrected chi connectivity index (χ4v) is 3.16. The molecule has 128 valence electrons. The van der Waals surface area contributed by atoms with Crippen LogP contribution >= 0.6 is 0 Å². The standard InChI is InChI=1S/C19H23NO3S/c1-14(20-13-15-4-7-17(8-5-15)24(2)21)16-6-9-18-19(12-16)23-11-3-10-22-18/h4-9,12,14,20H,3,10-11,13H2,1-2H3/t14-,24+/m1/s1. The number of fused-ring (bicyclic) bond motifs is 1. The lowest BCUT2D eigenvalue weighted by Gasteiger charge is -2.16. The smallest absolute Gasteiger partial charge is 0.161 e. The third-order valence-electron chi connectivity index (χ3n) is 4.14. The SMILES string of the molecule is C[C@@H](NCc1ccc([S@](C)=O)cc1)c1ccc2c(c1)OCCCO2. The van der Waals surface area contributed by atoms with Crippen molar-refractivity contribution in [2.75, 3.05) is 19.5 Å². The molecule has 0 unspecified atom stereocenters. The van der Waals surface area contributed by atoms with E-state index in [1.165, 1.54) is 11.1 Å². The molecule has 1 aliphatic heterocycles. The van der Waals surface area contributed by atoms with Crippen LogP contribution < -0.4 is 14.8 Å². The van der Waals surface area contributed by atoms with Crippen molar-refractivity contribution >= 4 is 10.8 Å². The Morgan fingerprint density at radius 2 is 1.79 bits per heavy atom. The van der Waals surface area contributed by atoms with Gasteiger partial charge in [-0.2, -0.15) is 0 Å². The lowest BCUT2D eigenvalue weighted by molar-refractivity contribution is 0.297. The van der Waals surface area contributed by atoms with E-state index in [1.807, 2.05) is 30.3 Å². The molecule has 1 aliphatic rings. The predicted octanol–water partition coefficient (Wildman–Crippen LogP) is 3.44. The van der Waals surface area contributed by atoms with Gasteiger partial charge in [0.05, 0.1) is 13.2 Å². The molecule has 1 heterocycles. The zero-order valence-electron chi connectivity index (χ0n) is 14.1. The zero-order valence-corrected chi connectivity index (χ0v) is 14.9. The second-order valence-corrected chi connectivity index (χ2v) is 7.34. The summed E-state index contributed by atoms with van der Waals surface area (Å²) in [7, 11) is -0.929. The number of hydrogen-bond donors (Lipinski definition) is 1. The Hall–Kier alpha value is -1.85. The van der Waals surface area contributed by atoms with Crippen molar-refractivity contribution in [1.29, 1.82) is 0 Å². The highest BCUT2D eigenvalue weighted by atomic mass is 32.2. The first-order chi connectivity index (χ1) is 11.6. The first kappa shape index (κ1) is 17.0. The molecular weight excluding hydrogens is 322 g/mol. The summed E-state index contributed by atoms with van der Waals surface area (Å²) in [6.07, 6.45) is 2.61. The fourth-order valence-electron chi connectivity index (χ4n) is 2.64. The number of rotatable bonds is 5. The van der Waals surface area contributed by atoms with Gasteiger partial charge in [-0.15, -0.1) is 0 Å². The van der Waals surface area contributed by atoms with Crippen molar-refractivity contribution in [3.63, 3.8) is 0 Å². The fraction of sp³-hybridized carbons (Fsp3) is 0.368. The van der Waals surface area contributed by atoms with Gasteiger partial charge in [-0.25, -0.2) is 0 Å². The van der Waals surface area contributed by atoms with E-state index in [1.54, 1.807) is 6.26 Å². The molecule has 0 spiro atoms. The van der Waals surface area contributed by atoms with Crippen molar-refractivity contribution in [2.24, 2.45) is 0 Å². The minimum atomic E-state index is -0.929. The molecule has 0 aromatic heterocycles. The normalized spacial score (nSPS) is 16.2. The minimum Gasteiger partial charge on any atom is -0.490 e. The van der Waals surface area contributed by atoms with Gasteiger partial charge in [-0.05, 0) is 42.3 Å². The van der Waals surface area contributed by atoms with Crippen molar-refractivity contribution in [3.8, 4) is 11.5 Å². The quantitative estimate of drug-likeness (QED) is 0.902. The van der Waals surface area contributed by atoms with E-state index in [2.05, 4.69) is 24.4 Å². The Morgan fingerprint density at radius 3 is 2.50 bits per heavy atom. The van der Waals surface area contributed by atoms with Crippen LogP contribution in [0, 0.1) is 0 Å². The highest BCUT2D eigenvalue weighted by Crippen LogP contribution is 2.32. The molecule has 2 atom stereocenters. The lowest BCUT2D eigenvalue weighted by Crippen LogP contribution is -2.18. The van der Waals surface area contributed by atoms with Crippen LogP contribution in [0.5, 0.6) is 11.5 Å². The van der Waals surface area contributed by atoms with Crippen LogP contribution in [0.2, 0.25) is 0 Å². The second kappa shape index (κ2) is 7.81. The molecule has 0 saturated heterocycles. The maximum Gasteiger partial charge on any atom is 0.161 e. The molecule has 2 aromatic rings. The lowest BCUT2D eigenvalue weighted by atomic mass is 10.1. The predicted molar refractivity (Wildman–Crippen MR) is 96.1 cm³/mol. The largest absolute Gasteiger partial charge is 0.490 e. The van der Waals surface area contributed by atoms with E-state index in [4.69, 9.17) is 9.47 Å². The molecule has 0 aliphatic carbocycles. The molecule has 0 radical (unpaired) electrons. The van der Waals surface area contributed by atoms with Crippen LogP contribution in [0.4, 0.5) is 0 Å². The Bertz CT molecular complexity index is 715. The molecular formula is C19H23NO3S. The van der Waals surface area contributed by atoms with Gasteiger partial charge in [0.15, 0.2) is 11.5 Å². The Kier molecular flexibility index (Phi) is 5.53. The van der Waals surface area contributed by atoms with E-state index in [9.17, 15) is 4.21 Å². The molecule has 0 fully saturated rings. The van der Waals surface area contributed by atoms with Gasteiger partial charge >= 0.3 is 0 Å². The molecule has 5 heteroatoms. The van der Waals surface area contributed by atoms with Gasteiger partial charge in [0.1, 0.15) is 0 Å². The molecule has 0 amide bonds. The van der Waals surface area contributed by atoms with Crippen molar-refractivity contribution in [2.45, 2.75) is 30.8 Å². The van der Waals surface area contributed by atoms with Crippen molar-refractivity contribution in [1.82, 2.24) is 5.32 Å². The van der Waals surface area contributed by atoms with Crippen LogP contribution in [0.15, 0.2) is 47.4 Å². The van der Waals surface area contributed by atoms with Gasteiger partial charge in [-0.3, -0.25) is 4.21 Å².